The molecule has 2 N–H and O–H groups in total. The minimum atomic E-state index is -2.83. The van der Waals surface area contributed by atoms with E-state index in [1.54, 1.807) is 11.8 Å². The van der Waals surface area contributed by atoms with Crippen LogP contribution >= 0.6 is 11.8 Å². The van der Waals surface area contributed by atoms with Crippen LogP contribution in [0.5, 0.6) is 0 Å². The van der Waals surface area contributed by atoms with Crippen LogP contribution in [0, 0.1) is 0 Å². The molecular weight excluding hydrogens is 270 g/mol. The monoisotopic (exact) mass is 295 g/mol. The van der Waals surface area contributed by atoms with E-state index < -0.39 is 9.84 Å². The van der Waals surface area contributed by atoms with E-state index in [9.17, 15) is 13.5 Å². The molecule has 0 heterocycles. The third-order valence-corrected chi connectivity index (χ3v) is 5.37. The van der Waals surface area contributed by atoms with E-state index in [2.05, 4.69) is 12.2 Å². The maximum absolute atomic E-state index is 10.9. The third-order valence-electron chi connectivity index (χ3n) is 3.09. The van der Waals surface area contributed by atoms with Crippen molar-refractivity contribution in [2.24, 2.45) is 0 Å². The van der Waals surface area contributed by atoms with Crippen LogP contribution in [0.15, 0.2) is 0 Å². The summed E-state index contributed by atoms with van der Waals surface area (Å²) in [6, 6.07) is 0.597. The topological polar surface area (TPSA) is 66.4 Å². The molecule has 0 aromatic rings. The lowest BCUT2D eigenvalue weighted by atomic mass is 9.97. The molecule has 1 saturated carbocycles. The molecule has 0 saturated heterocycles. The zero-order chi connectivity index (χ0) is 13.6. The Hall–Kier alpha value is 0.220. The zero-order valence-corrected chi connectivity index (χ0v) is 12.9. The predicted molar refractivity (Wildman–Crippen MR) is 77.9 cm³/mol. The van der Waals surface area contributed by atoms with Gasteiger partial charge in [-0.1, -0.05) is 0 Å². The molecule has 1 unspecified atom stereocenters. The molecule has 1 atom stereocenters. The van der Waals surface area contributed by atoms with Gasteiger partial charge in [0.1, 0.15) is 9.84 Å². The second-order valence-corrected chi connectivity index (χ2v) is 8.97. The fourth-order valence-corrected chi connectivity index (χ4v) is 4.03. The lowest BCUT2D eigenvalue weighted by Crippen LogP contribution is -2.47. The molecule has 0 aliphatic heterocycles. The highest BCUT2D eigenvalue weighted by atomic mass is 32.2. The Morgan fingerprint density at radius 1 is 1.39 bits per heavy atom. The smallest absolute Gasteiger partial charge is 0.148 e. The first-order valence-electron chi connectivity index (χ1n) is 6.49. The fourth-order valence-electron chi connectivity index (χ4n) is 1.79. The molecule has 4 nitrogen and oxygen atoms in total. The van der Waals surface area contributed by atoms with E-state index in [0.29, 0.717) is 11.8 Å². The second kappa shape index (κ2) is 7.12. The summed E-state index contributed by atoms with van der Waals surface area (Å²) in [6.45, 7) is 2.23. The van der Waals surface area contributed by atoms with Crippen molar-refractivity contribution in [3.8, 4) is 0 Å². The standard InChI is InChI=1S/C12H25NO3S2/c1-12(10-14,13-11-4-5-11)6-3-7-17-8-9-18(2,15)16/h11,13-14H,3-10H2,1-2H3. The van der Waals surface area contributed by atoms with Gasteiger partial charge in [0.25, 0.3) is 0 Å². The van der Waals surface area contributed by atoms with Crippen molar-refractivity contribution >= 4 is 21.6 Å². The van der Waals surface area contributed by atoms with Crippen molar-refractivity contribution in [2.45, 2.75) is 44.2 Å². The number of rotatable bonds is 10. The summed E-state index contributed by atoms with van der Waals surface area (Å²) in [7, 11) is -2.83. The largest absolute Gasteiger partial charge is 0.394 e. The molecule has 0 bridgehead atoms. The summed E-state index contributed by atoms with van der Waals surface area (Å²) < 4.78 is 21.9. The van der Waals surface area contributed by atoms with Gasteiger partial charge in [-0.2, -0.15) is 11.8 Å². The predicted octanol–water partition coefficient (Wildman–Crippen LogP) is 1.05. The molecule has 18 heavy (non-hydrogen) atoms. The van der Waals surface area contributed by atoms with Gasteiger partial charge in [-0.3, -0.25) is 0 Å². The summed E-state index contributed by atoms with van der Waals surface area (Å²) >= 11 is 1.68. The average molecular weight is 295 g/mol. The van der Waals surface area contributed by atoms with Gasteiger partial charge in [0.2, 0.25) is 0 Å². The second-order valence-electron chi connectivity index (χ2n) is 5.48. The van der Waals surface area contributed by atoms with Gasteiger partial charge in [-0.25, -0.2) is 8.42 Å². The van der Waals surface area contributed by atoms with Crippen molar-refractivity contribution in [1.29, 1.82) is 0 Å². The Labute approximate surface area is 115 Å². The molecule has 0 radical (unpaired) electrons. The maximum Gasteiger partial charge on any atom is 0.148 e. The summed E-state index contributed by atoms with van der Waals surface area (Å²) in [4.78, 5) is 0. The maximum atomic E-state index is 10.9. The van der Waals surface area contributed by atoms with Gasteiger partial charge in [-0.15, -0.1) is 0 Å². The average Bonchev–Trinajstić information content (AvgIpc) is 3.05. The highest BCUT2D eigenvalue weighted by Gasteiger charge is 2.31. The number of hydrogen-bond acceptors (Lipinski definition) is 5. The van der Waals surface area contributed by atoms with Crippen LogP contribution in [0.1, 0.15) is 32.6 Å². The van der Waals surface area contributed by atoms with E-state index in [1.165, 1.54) is 19.1 Å². The normalized spacial score (nSPS) is 19.7. The van der Waals surface area contributed by atoms with Gasteiger partial charge >= 0.3 is 0 Å². The van der Waals surface area contributed by atoms with Crippen molar-refractivity contribution in [3.05, 3.63) is 0 Å². The van der Waals surface area contributed by atoms with Gasteiger partial charge in [0.15, 0.2) is 0 Å². The molecule has 0 spiro atoms. The molecule has 1 aliphatic rings. The molecule has 108 valence electrons. The van der Waals surface area contributed by atoms with E-state index in [-0.39, 0.29) is 17.9 Å². The van der Waals surface area contributed by atoms with E-state index in [4.69, 9.17) is 0 Å². The molecule has 0 aromatic heterocycles. The summed E-state index contributed by atoms with van der Waals surface area (Å²) in [5.41, 5.74) is -0.168. The van der Waals surface area contributed by atoms with Crippen LogP contribution in [0.3, 0.4) is 0 Å². The minimum Gasteiger partial charge on any atom is -0.394 e. The van der Waals surface area contributed by atoms with Crippen LogP contribution in [-0.2, 0) is 9.84 Å². The Kier molecular flexibility index (Phi) is 6.44. The van der Waals surface area contributed by atoms with Crippen molar-refractivity contribution in [2.75, 3.05) is 30.1 Å². The molecule has 0 amide bonds. The van der Waals surface area contributed by atoms with Crippen LogP contribution < -0.4 is 5.32 Å². The Balaban J connectivity index is 2.08. The van der Waals surface area contributed by atoms with Crippen LogP contribution in [0.25, 0.3) is 0 Å². The van der Waals surface area contributed by atoms with Gasteiger partial charge in [0, 0.05) is 23.6 Å². The SMILES string of the molecule is CC(CO)(CCCSCCS(C)(=O)=O)NC1CC1. The summed E-state index contributed by atoms with van der Waals surface area (Å²) in [5.74, 6) is 1.89. The Morgan fingerprint density at radius 2 is 2.06 bits per heavy atom. The van der Waals surface area contributed by atoms with Crippen molar-refractivity contribution in [1.82, 2.24) is 5.32 Å². The first-order chi connectivity index (χ1) is 8.35. The number of thioether (sulfide) groups is 1. The molecular formula is C12H25NO3S2. The molecule has 6 heteroatoms. The lowest BCUT2D eigenvalue weighted by Gasteiger charge is -2.29. The van der Waals surface area contributed by atoms with Crippen LogP contribution in [0.2, 0.25) is 0 Å². The number of aliphatic hydroxyl groups excluding tert-OH is 1. The first kappa shape index (κ1) is 16.3. The van der Waals surface area contributed by atoms with Crippen molar-refractivity contribution in [3.63, 3.8) is 0 Å². The molecule has 1 aliphatic carbocycles. The van der Waals surface area contributed by atoms with E-state index in [0.717, 1.165) is 18.6 Å². The van der Waals surface area contributed by atoms with Crippen molar-refractivity contribution < 1.29 is 13.5 Å². The van der Waals surface area contributed by atoms with Crippen LogP contribution in [-0.4, -0.2) is 55.2 Å². The summed E-state index contributed by atoms with van der Waals surface area (Å²) in [6.07, 6.45) is 5.66. The van der Waals surface area contributed by atoms with Crippen LogP contribution in [0.4, 0.5) is 0 Å². The van der Waals surface area contributed by atoms with Gasteiger partial charge in [-0.05, 0) is 38.4 Å². The Morgan fingerprint density at radius 3 is 2.56 bits per heavy atom. The third kappa shape index (κ3) is 7.61. The minimum absolute atomic E-state index is 0.164. The van der Waals surface area contributed by atoms with E-state index >= 15 is 0 Å². The number of nitrogens with one attached hydrogen (secondary N) is 1. The molecule has 1 fully saturated rings. The lowest BCUT2D eigenvalue weighted by molar-refractivity contribution is 0.163. The van der Waals surface area contributed by atoms with Gasteiger partial charge < -0.3 is 10.4 Å². The highest BCUT2D eigenvalue weighted by Crippen LogP contribution is 2.25. The highest BCUT2D eigenvalue weighted by molar-refractivity contribution is 8.00. The fraction of sp³-hybridized carbons (Fsp3) is 1.00. The number of sulfone groups is 1. The molecule has 0 aromatic carbocycles. The Bertz CT molecular complexity index is 341. The zero-order valence-electron chi connectivity index (χ0n) is 11.3. The van der Waals surface area contributed by atoms with Gasteiger partial charge in [0.05, 0.1) is 12.4 Å². The molecule has 1 rings (SSSR count). The number of aliphatic hydroxyl groups is 1. The quantitative estimate of drug-likeness (QED) is 0.590. The van der Waals surface area contributed by atoms with E-state index in [1.807, 2.05) is 0 Å². The summed E-state index contributed by atoms with van der Waals surface area (Å²) in [5, 5.41) is 12.9. The number of hydrogen-bond donors (Lipinski definition) is 2. The first-order valence-corrected chi connectivity index (χ1v) is 9.70.